The summed E-state index contributed by atoms with van der Waals surface area (Å²) in [4.78, 5) is 4.16. The fraction of sp³-hybridized carbons (Fsp3) is 0.200. The predicted molar refractivity (Wildman–Crippen MR) is 78.0 cm³/mol. The van der Waals surface area contributed by atoms with Crippen LogP contribution in [0.25, 0.3) is 10.9 Å². The molecule has 2 heterocycles. The van der Waals surface area contributed by atoms with Crippen molar-refractivity contribution in [2.45, 2.75) is 20.3 Å². The number of H-pyrrole nitrogens is 1. The van der Waals surface area contributed by atoms with Crippen LogP contribution in [-0.4, -0.2) is 15.2 Å². The van der Waals surface area contributed by atoms with E-state index in [1.165, 1.54) is 12.1 Å². The van der Waals surface area contributed by atoms with Crippen LogP contribution in [0.2, 0.25) is 0 Å². The van der Waals surface area contributed by atoms with Crippen LogP contribution in [0.15, 0.2) is 30.5 Å². The van der Waals surface area contributed by atoms with Gasteiger partial charge < -0.3 is 5.32 Å². The molecule has 0 saturated carbocycles. The Morgan fingerprint density at radius 3 is 2.67 bits per heavy atom. The van der Waals surface area contributed by atoms with Crippen molar-refractivity contribution in [2.75, 3.05) is 5.32 Å². The van der Waals surface area contributed by atoms with Gasteiger partial charge in [-0.1, -0.05) is 12.1 Å². The molecule has 0 fully saturated rings. The van der Waals surface area contributed by atoms with E-state index in [9.17, 15) is 8.78 Å². The zero-order valence-corrected chi connectivity index (χ0v) is 11.6. The summed E-state index contributed by atoms with van der Waals surface area (Å²) in [5, 5.41) is 11.1. The topological polar surface area (TPSA) is 53.6 Å². The first kappa shape index (κ1) is 13.5. The van der Waals surface area contributed by atoms with Crippen LogP contribution < -0.4 is 5.32 Å². The number of aryl methyl sites for hydroxylation is 1. The molecule has 1 aromatic carbocycles. The number of benzene rings is 1. The van der Waals surface area contributed by atoms with Crippen molar-refractivity contribution in [3.05, 3.63) is 47.3 Å². The Morgan fingerprint density at radius 1 is 1.19 bits per heavy atom. The summed E-state index contributed by atoms with van der Waals surface area (Å²) < 4.78 is 25.5. The van der Waals surface area contributed by atoms with Crippen molar-refractivity contribution in [1.82, 2.24) is 15.2 Å². The van der Waals surface area contributed by atoms with Gasteiger partial charge in [-0.15, -0.1) is 0 Å². The Morgan fingerprint density at radius 2 is 2.00 bits per heavy atom. The van der Waals surface area contributed by atoms with Gasteiger partial charge in [0.25, 0.3) is 6.43 Å². The molecule has 0 aliphatic heterocycles. The number of anilines is 2. The van der Waals surface area contributed by atoms with E-state index in [1.807, 2.05) is 13.8 Å². The van der Waals surface area contributed by atoms with Crippen LogP contribution in [0.5, 0.6) is 0 Å². The lowest BCUT2D eigenvalue weighted by Crippen LogP contribution is -1.95. The van der Waals surface area contributed by atoms with Crippen LogP contribution in [0.4, 0.5) is 20.3 Å². The summed E-state index contributed by atoms with van der Waals surface area (Å²) >= 11 is 0. The van der Waals surface area contributed by atoms with Crippen LogP contribution in [0.1, 0.15) is 23.2 Å². The minimum atomic E-state index is -2.50. The van der Waals surface area contributed by atoms with E-state index >= 15 is 0 Å². The molecule has 3 aromatic rings. The lowest BCUT2D eigenvalue weighted by Gasteiger charge is -2.09. The maximum absolute atomic E-state index is 12.7. The highest BCUT2D eigenvalue weighted by atomic mass is 19.3. The van der Waals surface area contributed by atoms with Crippen molar-refractivity contribution >= 4 is 22.4 Å². The van der Waals surface area contributed by atoms with Crippen molar-refractivity contribution in [1.29, 1.82) is 0 Å². The van der Waals surface area contributed by atoms with Gasteiger partial charge in [0.15, 0.2) is 0 Å². The van der Waals surface area contributed by atoms with Crippen molar-refractivity contribution in [3.8, 4) is 0 Å². The highest BCUT2D eigenvalue weighted by molar-refractivity contribution is 5.93. The summed E-state index contributed by atoms with van der Waals surface area (Å²) in [6.45, 7) is 3.87. The molecule has 2 aromatic heterocycles. The van der Waals surface area contributed by atoms with E-state index in [1.54, 1.807) is 18.3 Å². The molecule has 2 N–H and O–H groups in total. The molecule has 0 saturated heterocycles. The third kappa shape index (κ3) is 2.44. The minimum absolute atomic E-state index is 0.0271. The molecule has 0 atom stereocenters. The number of nitrogens with zero attached hydrogens (tertiary/aromatic N) is 2. The van der Waals surface area contributed by atoms with Crippen LogP contribution in [0, 0.1) is 13.8 Å². The Hall–Kier alpha value is -2.50. The number of nitrogens with one attached hydrogen (secondary N) is 2. The molecular weight excluding hydrogens is 274 g/mol. The third-order valence-corrected chi connectivity index (χ3v) is 3.53. The predicted octanol–water partition coefficient (Wildman–Crippen LogP) is 4.26. The van der Waals surface area contributed by atoms with Crippen LogP contribution in [-0.2, 0) is 0 Å². The van der Waals surface area contributed by atoms with E-state index in [4.69, 9.17) is 0 Å². The number of hydrogen-bond donors (Lipinski definition) is 2. The molecule has 0 unspecified atom stereocenters. The number of aromatic nitrogens is 3. The van der Waals surface area contributed by atoms with Crippen LogP contribution in [0.3, 0.4) is 0 Å². The van der Waals surface area contributed by atoms with Gasteiger partial charge in [0.1, 0.15) is 5.82 Å². The third-order valence-electron chi connectivity index (χ3n) is 3.53. The lowest BCUT2D eigenvalue weighted by molar-refractivity contribution is 0.151. The number of aromatic amines is 1. The number of pyridine rings is 1. The van der Waals surface area contributed by atoms with Gasteiger partial charge in [-0.2, -0.15) is 5.10 Å². The normalized spacial score (nSPS) is 11.3. The number of rotatable bonds is 3. The van der Waals surface area contributed by atoms with Gasteiger partial charge in [0, 0.05) is 22.7 Å². The first-order valence-corrected chi connectivity index (χ1v) is 6.51. The second-order valence-electron chi connectivity index (χ2n) is 4.87. The van der Waals surface area contributed by atoms with Gasteiger partial charge in [-0.25, -0.2) is 8.78 Å². The standard InChI is InChI=1S/C15H14F2N4/c1-8-9(2)20-21-15(8)19-12-5-6-18-13-7-10(14(16)17)3-4-11(12)13/h3-7,14H,1-2H3,(H2,18,19,20,21). The molecule has 4 nitrogen and oxygen atoms in total. The molecule has 0 aliphatic rings. The van der Waals surface area contributed by atoms with E-state index in [2.05, 4.69) is 20.5 Å². The molecule has 0 bridgehead atoms. The molecule has 6 heteroatoms. The molecule has 21 heavy (non-hydrogen) atoms. The second kappa shape index (κ2) is 5.12. The molecule has 0 radical (unpaired) electrons. The molecule has 0 aliphatic carbocycles. The van der Waals surface area contributed by atoms with E-state index < -0.39 is 6.43 Å². The monoisotopic (exact) mass is 288 g/mol. The summed E-state index contributed by atoms with van der Waals surface area (Å²) in [6, 6.07) is 6.30. The van der Waals surface area contributed by atoms with Gasteiger partial charge in [0.2, 0.25) is 0 Å². The first-order chi connectivity index (χ1) is 10.1. The van der Waals surface area contributed by atoms with E-state index in [0.717, 1.165) is 28.1 Å². The molecule has 3 rings (SSSR count). The number of hydrogen-bond acceptors (Lipinski definition) is 3. The molecule has 0 spiro atoms. The van der Waals surface area contributed by atoms with Crippen LogP contribution >= 0.6 is 0 Å². The number of fused-ring (bicyclic) bond motifs is 1. The Bertz CT molecular complexity index is 795. The van der Waals surface area contributed by atoms with Gasteiger partial charge in [-0.3, -0.25) is 10.1 Å². The van der Waals surface area contributed by atoms with Crippen molar-refractivity contribution in [2.24, 2.45) is 0 Å². The summed E-state index contributed by atoms with van der Waals surface area (Å²) in [6.07, 6.45) is -0.899. The smallest absolute Gasteiger partial charge is 0.263 e. The Kier molecular flexibility index (Phi) is 3.29. The maximum atomic E-state index is 12.7. The average molecular weight is 288 g/mol. The van der Waals surface area contributed by atoms with Crippen molar-refractivity contribution in [3.63, 3.8) is 0 Å². The van der Waals surface area contributed by atoms with E-state index in [0.29, 0.717) is 5.52 Å². The highest BCUT2D eigenvalue weighted by Gasteiger charge is 2.11. The average Bonchev–Trinajstić information content (AvgIpc) is 2.79. The summed E-state index contributed by atoms with van der Waals surface area (Å²) in [5.74, 6) is 0.790. The summed E-state index contributed by atoms with van der Waals surface area (Å²) in [7, 11) is 0. The van der Waals surface area contributed by atoms with E-state index in [-0.39, 0.29) is 5.56 Å². The zero-order valence-electron chi connectivity index (χ0n) is 11.6. The lowest BCUT2D eigenvalue weighted by atomic mass is 10.1. The highest BCUT2D eigenvalue weighted by Crippen LogP contribution is 2.29. The van der Waals surface area contributed by atoms with Gasteiger partial charge >= 0.3 is 0 Å². The Balaban J connectivity index is 2.05. The van der Waals surface area contributed by atoms with Gasteiger partial charge in [0.05, 0.1) is 16.9 Å². The van der Waals surface area contributed by atoms with Crippen molar-refractivity contribution < 1.29 is 8.78 Å². The number of halogens is 2. The fourth-order valence-electron chi connectivity index (χ4n) is 2.15. The quantitative estimate of drug-likeness (QED) is 0.757. The second-order valence-corrected chi connectivity index (χ2v) is 4.87. The minimum Gasteiger partial charge on any atom is -0.340 e. The largest absolute Gasteiger partial charge is 0.340 e. The zero-order chi connectivity index (χ0) is 15.0. The molecule has 0 amide bonds. The van der Waals surface area contributed by atoms with Gasteiger partial charge in [-0.05, 0) is 26.0 Å². The maximum Gasteiger partial charge on any atom is 0.263 e. The Labute approximate surface area is 120 Å². The molecular formula is C15H14F2N4. The first-order valence-electron chi connectivity index (χ1n) is 6.51. The molecule has 108 valence electrons. The number of alkyl halides is 2. The summed E-state index contributed by atoms with van der Waals surface area (Å²) in [5.41, 5.74) is 3.24. The SMILES string of the molecule is Cc1n[nH]c(Nc2ccnc3cc(C(F)F)ccc23)c1C. The fourth-order valence-corrected chi connectivity index (χ4v) is 2.15.